The average Bonchev–Trinajstić information content (AvgIpc) is 2.06. The lowest BCUT2D eigenvalue weighted by Crippen LogP contribution is -2.08. The van der Waals surface area contributed by atoms with E-state index in [-0.39, 0.29) is 0 Å². The lowest BCUT2D eigenvalue weighted by Gasteiger charge is -2.05. The Balaban J connectivity index is 2.48. The first kappa shape index (κ1) is 8.83. The van der Waals surface area contributed by atoms with Crippen molar-refractivity contribution in [3.8, 4) is 12.3 Å². The first-order chi connectivity index (χ1) is 5.83. The molecule has 0 spiro atoms. The van der Waals surface area contributed by atoms with Gasteiger partial charge in [-0.25, -0.2) is 0 Å². The molecule has 0 bridgehead atoms. The maximum Gasteiger partial charge on any atom is 0.0689 e. The number of hydrogen-bond donors (Lipinski definition) is 1. The zero-order valence-corrected chi connectivity index (χ0v) is 6.90. The van der Waals surface area contributed by atoms with Crippen molar-refractivity contribution in [2.75, 3.05) is 0 Å². The van der Waals surface area contributed by atoms with Gasteiger partial charge in [-0.15, -0.1) is 12.3 Å². The summed E-state index contributed by atoms with van der Waals surface area (Å²) in [4.78, 5) is 0. The van der Waals surface area contributed by atoms with Gasteiger partial charge in [-0.05, 0) is 12.0 Å². The summed E-state index contributed by atoms with van der Waals surface area (Å²) in [6, 6.07) is 9.84. The lowest BCUT2D eigenvalue weighted by molar-refractivity contribution is 0.181. The molecule has 1 heteroatoms. The van der Waals surface area contributed by atoms with Crippen molar-refractivity contribution in [1.82, 2.24) is 0 Å². The minimum Gasteiger partial charge on any atom is -0.392 e. The Bertz CT molecular complexity index is 258. The molecule has 0 aromatic heterocycles. The minimum absolute atomic E-state index is 0.405. The second-order valence-corrected chi connectivity index (χ2v) is 2.75. The summed E-state index contributed by atoms with van der Waals surface area (Å²) >= 11 is 0. The number of terminal acetylenes is 1. The molecule has 0 amide bonds. The molecule has 1 atom stereocenters. The highest BCUT2D eigenvalue weighted by Gasteiger charge is 2.01. The fraction of sp³-hybridized carbons (Fsp3) is 0.273. The Morgan fingerprint density at radius 1 is 1.33 bits per heavy atom. The predicted octanol–water partition coefficient (Wildman–Crippen LogP) is 1.61. The first-order valence-corrected chi connectivity index (χ1v) is 3.98. The van der Waals surface area contributed by atoms with Crippen molar-refractivity contribution in [3.63, 3.8) is 0 Å². The van der Waals surface area contributed by atoms with E-state index >= 15 is 0 Å². The van der Waals surface area contributed by atoms with Crippen LogP contribution in [-0.2, 0) is 6.42 Å². The van der Waals surface area contributed by atoms with Gasteiger partial charge < -0.3 is 5.11 Å². The fourth-order valence-corrected chi connectivity index (χ4v) is 1.09. The van der Waals surface area contributed by atoms with Gasteiger partial charge in [-0.2, -0.15) is 0 Å². The first-order valence-electron chi connectivity index (χ1n) is 3.98. The van der Waals surface area contributed by atoms with Crippen molar-refractivity contribution in [2.24, 2.45) is 0 Å². The van der Waals surface area contributed by atoms with Crippen molar-refractivity contribution < 1.29 is 5.11 Å². The molecule has 1 N–H and O–H groups in total. The number of aliphatic hydroxyl groups excluding tert-OH is 1. The zero-order chi connectivity index (χ0) is 8.81. The number of rotatable bonds is 3. The van der Waals surface area contributed by atoms with E-state index < -0.39 is 6.10 Å². The molecular formula is C11H12O. The van der Waals surface area contributed by atoms with E-state index in [0.29, 0.717) is 12.8 Å². The van der Waals surface area contributed by atoms with E-state index in [1.165, 1.54) is 0 Å². The summed E-state index contributed by atoms with van der Waals surface area (Å²) < 4.78 is 0. The van der Waals surface area contributed by atoms with Gasteiger partial charge in [0.2, 0.25) is 0 Å². The third-order valence-corrected chi connectivity index (χ3v) is 1.67. The van der Waals surface area contributed by atoms with E-state index in [1.807, 2.05) is 30.3 Å². The number of aliphatic hydroxyl groups is 1. The van der Waals surface area contributed by atoms with Crippen LogP contribution in [0, 0.1) is 12.3 Å². The molecule has 1 nitrogen and oxygen atoms in total. The lowest BCUT2D eigenvalue weighted by atomic mass is 10.1. The monoisotopic (exact) mass is 160 g/mol. The Morgan fingerprint density at radius 2 is 2.00 bits per heavy atom. The van der Waals surface area contributed by atoms with Crippen LogP contribution in [0.25, 0.3) is 0 Å². The molecule has 1 rings (SSSR count). The predicted molar refractivity (Wildman–Crippen MR) is 49.6 cm³/mol. The molecule has 62 valence electrons. The van der Waals surface area contributed by atoms with E-state index in [4.69, 9.17) is 6.42 Å². The van der Waals surface area contributed by atoms with Crippen LogP contribution in [0.4, 0.5) is 0 Å². The topological polar surface area (TPSA) is 20.2 Å². The van der Waals surface area contributed by atoms with Crippen molar-refractivity contribution in [1.29, 1.82) is 0 Å². The van der Waals surface area contributed by atoms with Crippen molar-refractivity contribution >= 4 is 0 Å². The van der Waals surface area contributed by atoms with Crippen LogP contribution in [0.15, 0.2) is 30.3 Å². The zero-order valence-electron chi connectivity index (χ0n) is 6.90. The third kappa shape index (κ3) is 2.77. The van der Waals surface area contributed by atoms with Crippen molar-refractivity contribution in [3.05, 3.63) is 35.9 Å². The highest BCUT2D eigenvalue weighted by Crippen LogP contribution is 2.04. The molecule has 0 saturated heterocycles. The molecule has 0 aliphatic carbocycles. The third-order valence-electron chi connectivity index (χ3n) is 1.67. The molecule has 0 aliphatic rings. The Hall–Kier alpha value is -1.26. The van der Waals surface area contributed by atoms with Crippen LogP contribution >= 0.6 is 0 Å². The average molecular weight is 160 g/mol. The molecule has 0 fully saturated rings. The molecule has 0 heterocycles. The van der Waals surface area contributed by atoms with Gasteiger partial charge in [0.25, 0.3) is 0 Å². The molecule has 1 aromatic rings. The van der Waals surface area contributed by atoms with Crippen LogP contribution in [0.1, 0.15) is 12.0 Å². The summed E-state index contributed by atoms with van der Waals surface area (Å²) in [5, 5.41) is 9.36. The quantitative estimate of drug-likeness (QED) is 0.666. The van der Waals surface area contributed by atoms with Crippen LogP contribution in [0.5, 0.6) is 0 Å². The van der Waals surface area contributed by atoms with E-state index in [2.05, 4.69) is 5.92 Å². The number of benzene rings is 1. The highest BCUT2D eigenvalue weighted by molar-refractivity contribution is 5.15. The second kappa shape index (κ2) is 4.58. The SMILES string of the molecule is C#CC[C@H](O)Cc1ccccc1. The maximum absolute atomic E-state index is 9.36. The summed E-state index contributed by atoms with van der Waals surface area (Å²) in [6.07, 6.45) is 5.74. The van der Waals surface area contributed by atoms with Crippen molar-refractivity contribution in [2.45, 2.75) is 18.9 Å². The smallest absolute Gasteiger partial charge is 0.0689 e. The van der Waals surface area contributed by atoms with Crippen LogP contribution in [0.2, 0.25) is 0 Å². The molecular weight excluding hydrogens is 148 g/mol. The summed E-state index contributed by atoms with van der Waals surface area (Å²) in [7, 11) is 0. The molecule has 0 radical (unpaired) electrons. The van der Waals surface area contributed by atoms with E-state index in [1.54, 1.807) is 0 Å². The van der Waals surface area contributed by atoms with Gasteiger partial charge in [0.15, 0.2) is 0 Å². The molecule has 0 aliphatic heterocycles. The Labute approximate surface area is 73.0 Å². The minimum atomic E-state index is -0.405. The fourth-order valence-electron chi connectivity index (χ4n) is 1.09. The van der Waals surface area contributed by atoms with Crippen LogP contribution < -0.4 is 0 Å². The summed E-state index contributed by atoms with van der Waals surface area (Å²) in [5.41, 5.74) is 1.13. The normalized spacial score (nSPS) is 12.0. The molecule has 0 unspecified atom stereocenters. The summed E-state index contributed by atoms with van der Waals surface area (Å²) in [5.74, 6) is 2.44. The number of hydrogen-bond acceptors (Lipinski definition) is 1. The van der Waals surface area contributed by atoms with Gasteiger partial charge >= 0.3 is 0 Å². The van der Waals surface area contributed by atoms with Gasteiger partial charge in [0, 0.05) is 6.42 Å². The van der Waals surface area contributed by atoms with Crippen LogP contribution in [-0.4, -0.2) is 11.2 Å². The molecule has 12 heavy (non-hydrogen) atoms. The van der Waals surface area contributed by atoms with E-state index in [9.17, 15) is 5.11 Å². The standard InChI is InChI=1S/C11H12O/c1-2-6-11(12)9-10-7-4-3-5-8-10/h1,3-5,7-8,11-12H,6,9H2/t11-/m0/s1. The molecule has 0 saturated carbocycles. The summed E-state index contributed by atoms with van der Waals surface area (Å²) in [6.45, 7) is 0. The highest BCUT2D eigenvalue weighted by atomic mass is 16.3. The second-order valence-electron chi connectivity index (χ2n) is 2.75. The van der Waals surface area contributed by atoms with Gasteiger partial charge in [-0.1, -0.05) is 30.3 Å². The van der Waals surface area contributed by atoms with E-state index in [0.717, 1.165) is 5.56 Å². The van der Waals surface area contributed by atoms with Gasteiger partial charge in [0.1, 0.15) is 0 Å². The maximum atomic E-state index is 9.36. The Morgan fingerprint density at radius 3 is 2.58 bits per heavy atom. The van der Waals surface area contributed by atoms with Crippen LogP contribution in [0.3, 0.4) is 0 Å². The Kier molecular flexibility index (Phi) is 3.37. The van der Waals surface area contributed by atoms with Gasteiger partial charge in [0.05, 0.1) is 6.10 Å². The molecule has 1 aromatic carbocycles. The van der Waals surface area contributed by atoms with Gasteiger partial charge in [-0.3, -0.25) is 0 Å². The largest absolute Gasteiger partial charge is 0.392 e.